The average Bonchev–Trinajstić information content (AvgIpc) is 3.21. The number of unbranched alkanes of at least 4 members (excludes halogenated alkanes) is 4. The van der Waals surface area contributed by atoms with E-state index in [1.165, 1.54) is 0 Å². The molecule has 8 heteroatoms. The molecular formula is C52H82NO7+. The quantitative estimate of drug-likeness (QED) is 0.0286. The summed E-state index contributed by atoms with van der Waals surface area (Å²) in [5.41, 5.74) is 0. The molecule has 0 saturated heterocycles. The highest BCUT2D eigenvalue weighted by molar-refractivity contribution is 5.72. The van der Waals surface area contributed by atoms with Crippen LogP contribution in [0.3, 0.4) is 0 Å². The van der Waals surface area contributed by atoms with Gasteiger partial charge in [0.1, 0.15) is 6.61 Å². The van der Waals surface area contributed by atoms with Crippen molar-refractivity contribution in [3.63, 3.8) is 0 Å². The molecule has 0 aliphatic rings. The van der Waals surface area contributed by atoms with E-state index in [4.69, 9.17) is 14.2 Å². The number of quaternary nitrogens is 1. The normalized spacial score (nSPS) is 14.1. The minimum atomic E-state index is -0.895. The highest BCUT2D eigenvalue weighted by atomic mass is 16.6. The van der Waals surface area contributed by atoms with Crippen LogP contribution in [-0.4, -0.2) is 80.6 Å². The van der Waals surface area contributed by atoms with Gasteiger partial charge in [-0.25, -0.2) is 4.79 Å². The SMILES string of the molecule is CC/C=C/C/C=C/C/C=C/C/C=C/C/C=C/C/C=C/CCCC(=O)OC(COCCC(C(=O)O)[N+](C)(C)C)COC(=O)CCCCC/C=C/C/C=C/C/C=C/C/C=C/CC. The Morgan fingerprint density at radius 1 is 0.500 bits per heavy atom. The molecule has 0 spiro atoms. The van der Waals surface area contributed by atoms with Crippen molar-refractivity contribution in [1.82, 2.24) is 0 Å². The van der Waals surface area contributed by atoms with E-state index in [1.54, 1.807) is 0 Å². The molecule has 0 rings (SSSR count). The number of likely N-dealkylation sites (N-methyl/N-ethyl adjacent to an activating group) is 1. The summed E-state index contributed by atoms with van der Waals surface area (Å²) >= 11 is 0. The topological polar surface area (TPSA) is 99.1 Å². The Morgan fingerprint density at radius 3 is 1.32 bits per heavy atom. The number of carboxylic acids is 1. The predicted molar refractivity (Wildman–Crippen MR) is 252 cm³/mol. The second kappa shape index (κ2) is 41.5. The number of aliphatic carboxylic acids is 1. The maximum atomic E-state index is 12.7. The fraction of sp³-hybridized carbons (Fsp3) is 0.558. The summed E-state index contributed by atoms with van der Waals surface area (Å²) in [7, 11) is 5.48. The number of carboxylic acid groups (broad SMARTS) is 1. The van der Waals surface area contributed by atoms with Crippen molar-refractivity contribution in [3.05, 3.63) is 122 Å². The lowest BCUT2D eigenvalue weighted by molar-refractivity contribution is -0.887. The van der Waals surface area contributed by atoms with E-state index in [2.05, 4.69) is 135 Å². The summed E-state index contributed by atoms with van der Waals surface area (Å²) in [5, 5.41) is 9.63. The molecule has 1 N–H and O–H groups in total. The van der Waals surface area contributed by atoms with Gasteiger partial charge < -0.3 is 23.8 Å². The lowest BCUT2D eigenvalue weighted by Gasteiger charge is -2.31. The maximum Gasteiger partial charge on any atom is 0.362 e. The van der Waals surface area contributed by atoms with Crippen LogP contribution < -0.4 is 0 Å². The van der Waals surface area contributed by atoms with Crippen LogP contribution in [0.15, 0.2) is 122 Å². The van der Waals surface area contributed by atoms with Crippen molar-refractivity contribution in [2.45, 2.75) is 148 Å². The van der Waals surface area contributed by atoms with Crippen LogP contribution in [0.1, 0.15) is 136 Å². The number of nitrogens with zero attached hydrogens (tertiary/aromatic N) is 1. The zero-order valence-corrected chi connectivity index (χ0v) is 38.1. The molecule has 0 aromatic heterocycles. The fourth-order valence-electron chi connectivity index (χ4n) is 5.68. The zero-order chi connectivity index (χ0) is 44.2. The van der Waals surface area contributed by atoms with E-state index in [-0.39, 0.29) is 42.7 Å². The first-order chi connectivity index (χ1) is 29.1. The molecule has 60 heavy (non-hydrogen) atoms. The molecule has 8 nitrogen and oxygen atoms in total. The highest BCUT2D eigenvalue weighted by Crippen LogP contribution is 2.11. The first-order valence-corrected chi connectivity index (χ1v) is 22.6. The summed E-state index contributed by atoms with van der Waals surface area (Å²) in [6.07, 6.45) is 58.2. The third-order valence-electron chi connectivity index (χ3n) is 9.11. The average molecular weight is 833 g/mol. The van der Waals surface area contributed by atoms with Crippen molar-refractivity contribution in [1.29, 1.82) is 0 Å². The van der Waals surface area contributed by atoms with Gasteiger partial charge in [0.25, 0.3) is 0 Å². The molecule has 2 unspecified atom stereocenters. The van der Waals surface area contributed by atoms with Gasteiger partial charge in [0.2, 0.25) is 0 Å². The Bertz CT molecular complexity index is 1390. The monoisotopic (exact) mass is 833 g/mol. The maximum absolute atomic E-state index is 12.7. The molecule has 0 radical (unpaired) electrons. The number of carbonyl (C=O) groups excluding carboxylic acids is 2. The van der Waals surface area contributed by atoms with E-state index in [0.717, 1.165) is 96.3 Å². The van der Waals surface area contributed by atoms with Crippen LogP contribution >= 0.6 is 0 Å². The molecule has 0 fully saturated rings. The van der Waals surface area contributed by atoms with Crippen LogP contribution in [0.4, 0.5) is 0 Å². The third-order valence-corrected chi connectivity index (χ3v) is 9.11. The van der Waals surface area contributed by atoms with E-state index in [0.29, 0.717) is 19.3 Å². The van der Waals surface area contributed by atoms with Crippen LogP contribution in [-0.2, 0) is 28.6 Å². The summed E-state index contributed by atoms with van der Waals surface area (Å²) in [6, 6.07) is -0.638. The minimum absolute atomic E-state index is 0.0184. The van der Waals surface area contributed by atoms with Crippen LogP contribution in [0, 0.1) is 0 Å². The molecule has 0 amide bonds. The molecule has 2 atom stereocenters. The van der Waals surface area contributed by atoms with Gasteiger partial charge in [-0.3, -0.25) is 9.59 Å². The molecule has 0 aromatic rings. The second-order valence-electron chi connectivity index (χ2n) is 15.5. The lowest BCUT2D eigenvalue weighted by Crippen LogP contribution is -2.50. The number of hydrogen-bond acceptors (Lipinski definition) is 6. The molecule has 0 bridgehead atoms. The fourth-order valence-corrected chi connectivity index (χ4v) is 5.68. The van der Waals surface area contributed by atoms with E-state index < -0.39 is 18.1 Å². The molecule has 0 aliphatic carbocycles. The zero-order valence-electron chi connectivity index (χ0n) is 38.1. The van der Waals surface area contributed by atoms with Crippen molar-refractivity contribution in [2.75, 3.05) is 41.0 Å². The Kier molecular flexibility index (Phi) is 38.5. The number of ether oxygens (including phenoxy) is 3. The largest absolute Gasteiger partial charge is 0.477 e. The van der Waals surface area contributed by atoms with Crippen LogP contribution in [0.2, 0.25) is 0 Å². The number of carbonyl (C=O) groups is 3. The molecule has 0 saturated carbocycles. The number of hydrogen-bond donors (Lipinski definition) is 1. The van der Waals surface area contributed by atoms with Gasteiger partial charge in [0.15, 0.2) is 12.1 Å². The summed E-state index contributed by atoms with van der Waals surface area (Å²) < 4.78 is 17.2. The smallest absolute Gasteiger partial charge is 0.362 e. The Balaban J connectivity index is 4.53. The van der Waals surface area contributed by atoms with Gasteiger partial charge in [0, 0.05) is 19.3 Å². The van der Waals surface area contributed by atoms with Gasteiger partial charge >= 0.3 is 17.9 Å². The molecule has 0 aromatic carbocycles. The molecular weight excluding hydrogens is 751 g/mol. The predicted octanol–water partition coefficient (Wildman–Crippen LogP) is 12.6. The van der Waals surface area contributed by atoms with Gasteiger partial charge in [0.05, 0.1) is 34.4 Å². The third kappa shape index (κ3) is 39.2. The van der Waals surface area contributed by atoms with Gasteiger partial charge in [-0.15, -0.1) is 0 Å². The molecule has 0 heterocycles. The standard InChI is InChI=1S/C52H81NO7/c1-6-8-10-12-14-16-18-20-22-24-25-26-27-29-31-33-35-37-39-41-43-51(55)60-48(46-58-45-44-49(52(56)57)53(3,4)5)47-59-50(54)42-40-38-36-34-32-30-28-23-21-19-17-15-13-11-9-7-2/h8-11,14-17,20-23,25-26,29-32,35,37,48-49H,6-7,12-13,18-19,24,27-28,33-34,36,38-47H2,1-5H3/p+1/b10-8+,11-9+,16-14+,17-15+,22-20+,23-21+,26-25+,31-29+,32-30+,37-35+. The summed E-state index contributed by atoms with van der Waals surface area (Å²) in [6.45, 7) is 4.38. The second-order valence-corrected chi connectivity index (χ2v) is 15.5. The van der Waals surface area contributed by atoms with E-state index in [1.807, 2.05) is 21.1 Å². The number of allylic oxidation sites excluding steroid dienone is 20. The van der Waals surface area contributed by atoms with E-state index >= 15 is 0 Å². The summed E-state index contributed by atoms with van der Waals surface area (Å²) in [5.74, 6) is -1.61. The lowest BCUT2D eigenvalue weighted by atomic mass is 10.1. The van der Waals surface area contributed by atoms with Crippen molar-refractivity contribution in [2.24, 2.45) is 0 Å². The summed E-state index contributed by atoms with van der Waals surface area (Å²) in [4.78, 5) is 37.0. The van der Waals surface area contributed by atoms with Crippen molar-refractivity contribution >= 4 is 17.9 Å². The van der Waals surface area contributed by atoms with Gasteiger partial charge in [-0.2, -0.15) is 0 Å². The Labute approximate surface area is 365 Å². The highest BCUT2D eigenvalue weighted by Gasteiger charge is 2.31. The minimum Gasteiger partial charge on any atom is -0.477 e. The van der Waals surface area contributed by atoms with E-state index in [9.17, 15) is 19.5 Å². The number of rotatable bonds is 38. The van der Waals surface area contributed by atoms with Crippen molar-refractivity contribution in [3.8, 4) is 0 Å². The van der Waals surface area contributed by atoms with Crippen LogP contribution in [0.25, 0.3) is 0 Å². The first kappa shape index (κ1) is 55.7. The van der Waals surface area contributed by atoms with Gasteiger partial charge in [-0.05, 0) is 96.3 Å². The van der Waals surface area contributed by atoms with Gasteiger partial charge in [-0.1, -0.05) is 142 Å². The first-order valence-electron chi connectivity index (χ1n) is 22.6. The number of esters is 2. The van der Waals surface area contributed by atoms with Crippen molar-refractivity contribution < 1.29 is 38.2 Å². The molecule has 336 valence electrons. The van der Waals surface area contributed by atoms with Crippen LogP contribution in [0.5, 0.6) is 0 Å². The Hall–Kier alpha value is -4.27. The molecule has 0 aliphatic heterocycles. The Morgan fingerprint density at radius 2 is 0.900 bits per heavy atom.